The Labute approximate surface area is 217 Å². The molecule has 2 aliphatic rings. The molecule has 11 heteroatoms. The molecule has 1 amide bonds. The molecule has 9 nitrogen and oxygen atoms in total. The lowest BCUT2D eigenvalue weighted by Crippen LogP contribution is -2.46. The molecule has 3 heterocycles. The van der Waals surface area contributed by atoms with Crippen molar-refractivity contribution in [3.8, 4) is 0 Å². The summed E-state index contributed by atoms with van der Waals surface area (Å²) in [6, 6.07) is 9.62. The van der Waals surface area contributed by atoms with Crippen molar-refractivity contribution < 1.29 is 27.1 Å². The van der Waals surface area contributed by atoms with Crippen molar-refractivity contribution in [3.63, 3.8) is 0 Å². The fourth-order valence-electron chi connectivity index (χ4n) is 4.47. The second-order valence-electron chi connectivity index (χ2n) is 9.09. The number of carbonyl (C=O) groups is 1. The van der Waals surface area contributed by atoms with Gasteiger partial charge in [0.05, 0.1) is 43.6 Å². The number of benzene rings is 1. The molecule has 4 rings (SSSR count). The molecule has 2 aliphatic heterocycles. The molecule has 0 bridgehead atoms. The Morgan fingerprint density at radius 2 is 1.89 bits per heavy atom. The molecule has 198 valence electrons. The van der Waals surface area contributed by atoms with Crippen LogP contribution in [0.4, 0.5) is 0 Å². The van der Waals surface area contributed by atoms with Crippen LogP contribution in [0.2, 0.25) is 5.02 Å². The van der Waals surface area contributed by atoms with Gasteiger partial charge in [0.1, 0.15) is 5.76 Å². The Hall–Kier alpha value is -1.95. The van der Waals surface area contributed by atoms with E-state index >= 15 is 0 Å². The third-order valence-corrected chi connectivity index (χ3v) is 8.59. The van der Waals surface area contributed by atoms with Crippen molar-refractivity contribution in [2.45, 2.75) is 36.8 Å². The lowest BCUT2D eigenvalue weighted by atomic mass is 10.2. The van der Waals surface area contributed by atoms with E-state index in [1.807, 2.05) is 0 Å². The van der Waals surface area contributed by atoms with Gasteiger partial charge in [0.15, 0.2) is 0 Å². The second kappa shape index (κ2) is 13.0. The maximum absolute atomic E-state index is 13.6. The molecule has 1 aromatic carbocycles. The first-order chi connectivity index (χ1) is 17.4. The molecular weight excluding hydrogens is 506 g/mol. The number of hydrogen-bond donors (Lipinski definition) is 0. The van der Waals surface area contributed by atoms with E-state index < -0.39 is 10.0 Å². The van der Waals surface area contributed by atoms with Crippen LogP contribution in [-0.4, -0.2) is 93.6 Å². The third-order valence-electron chi connectivity index (χ3n) is 6.48. The van der Waals surface area contributed by atoms with E-state index in [0.29, 0.717) is 43.6 Å². The van der Waals surface area contributed by atoms with Gasteiger partial charge < -0.3 is 18.8 Å². The van der Waals surface area contributed by atoms with Gasteiger partial charge in [0.25, 0.3) is 0 Å². The van der Waals surface area contributed by atoms with Gasteiger partial charge in [-0.2, -0.15) is 4.31 Å². The summed E-state index contributed by atoms with van der Waals surface area (Å²) in [5, 5.41) is 0.449. The fourth-order valence-corrected chi connectivity index (χ4v) is 6.02. The normalized spacial score (nSPS) is 19.1. The van der Waals surface area contributed by atoms with E-state index in [0.717, 1.165) is 32.5 Å². The van der Waals surface area contributed by atoms with Crippen LogP contribution in [0.5, 0.6) is 0 Å². The van der Waals surface area contributed by atoms with Crippen LogP contribution in [0.3, 0.4) is 0 Å². The summed E-state index contributed by atoms with van der Waals surface area (Å²) in [6.45, 7) is 5.01. The number of hydrogen-bond acceptors (Lipinski definition) is 7. The van der Waals surface area contributed by atoms with E-state index in [2.05, 4.69) is 4.90 Å². The van der Waals surface area contributed by atoms with E-state index in [1.54, 1.807) is 35.4 Å². The van der Waals surface area contributed by atoms with Crippen molar-refractivity contribution in [2.75, 3.05) is 59.1 Å². The van der Waals surface area contributed by atoms with E-state index in [4.69, 9.17) is 25.5 Å². The van der Waals surface area contributed by atoms with Gasteiger partial charge in [0.2, 0.25) is 15.9 Å². The number of sulfonamides is 1. The van der Waals surface area contributed by atoms with Gasteiger partial charge in [-0.25, -0.2) is 8.42 Å². The standard InChI is InChI=1S/C25H34ClN3O6S/c26-21-6-8-24(9-7-21)36(31,32)29(11-3-10-27-12-16-33-17-13-27)20-25(30)28(18-22-4-1-14-34-22)19-23-5-2-15-35-23/h1,4,6-9,14,23H,2-3,5,10-13,15-20H2. The molecule has 0 N–H and O–H groups in total. The summed E-state index contributed by atoms with van der Waals surface area (Å²) in [7, 11) is -3.91. The summed E-state index contributed by atoms with van der Waals surface area (Å²) in [4.78, 5) is 17.5. The molecule has 2 aromatic rings. The highest BCUT2D eigenvalue weighted by atomic mass is 35.5. The number of halogens is 1. The maximum Gasteiger partial charge on any atom is 0.243 e. The molecule has 2 fully saturated rings. The molecule has 1 aromatic heterocycles. The smallest absolute Gasteiger partial charge is 0.243 e. The largest absolute Gasteiger partial charge is 0.467 e. The Morgan fingerprint density at radius 1 is 1.11 bits per heavy atom. The molecule has 0 spiro atoms. The van der Waals surface area contributed by atoms with Crippen molar-refractivity contribution in [1.82, 2.24) is 14.1 Å². The third kappa shape index (κ3) is 7.53. The average molecular weight is 540 g/mol. The summed E-state index contributed by atoms with van der Waals surface area (Å²) >= 11 is 5.98. The van der Waals surface area contributed by atoms with Gasteiger partial charge in [-0.3, -0.25) is 9.69 Å². The van der Waals surface area contributed by atoms with Crippen molar-refractivity contribution in [3.05, 3.63) is 53.4 Å². The summed E-state index contributed by atoms with van der Waals surface area (Å²) < 4.78 is 45.1. The number of furan rings is 1. The van der Waals surface area contributed by atoms with E-state index in [1.165, 1.54) is 16.4 Å². The minimum absolute atomic E-state index is 0.0634. The van der Waals surface area contributed by atoms with Crippen molar-refractivity contribution in [1.29, 1.82) is 0 Å². The number of morpholine rings is 1. The van der Waals surface area contributed by atoms with Crippen LogP contribution in [0.1, 0.15) is 25.0 Å². The number of amides is 1. The minimum atomic E-state index is -3.91. The lowest BCUT2D eigenvalue weighted by Gasteiger charge is -2.30. The molecule has 0 radical (unpaired) electrons. The number of carbonyl (C=O) groups excluding carboxylic acids is 1. The predicted molar refractivity (Wildman–Crippen MR) is 135 cm³/mol. The first kappa shape index (κ1) is 27.1. The maximum atomic E-state index is 13.6. The van der Waals surface area contributed by atoms with Gasteiger partial charge in [-0.05, 0) is 62.2 Å². The van der Waals surface area contributed by atoms with Gasteiger partial charge in [0, 0.05) is 37.8 Å². The highest BCUT2D eigenvalue weighted by Gasteiger charge is 2.30. The predicted octanol–water partition coefficient (Wildman–Crippen LogP) is 2.85. The number of ether oxygens (including phenoxy) is 2. The van der Waals surface area contributed by atoms with Gasteiger partial charge >= 0.3 is 0 Å². The van der Waals surface area contributed by atoms with E-state index in [-0.39, 0.29) is 36.5 Å². The molecule has 1 atom stereocenters. The molecule has 1 unspecified atom stereocenters. The fraction of sp³-hybridized carbons (Fsp3) is 0.560. The number of nitrogens with zero attached hydrogens (tertiary/aromatic N) is 3. The Kier molecular flexibility index (Phi) is 9.80. The quantitative estimate of drug-likeness (QED) is 0.409. The van der Waals surface area contributed by atoms with Gasteiger partial charge in [-0.1, -0.05) is 11.6 Å². The topological polar surface area (TPSA) is 92.5 Å². The summed E-state index contributed by atoms with van der Waals surface area (Å²) in [5.74, 6) is 0.353. The van der Waals surface area contributed by atoms with Crippen LogP contribution < -0.4 is 0 Å². The zero-order chi connectivity index (χ0) is 25.4. The highest BCUT2D eigenvalue weighted by Crippen LogP contribution is 2.21. The summed E-state index contributed by atoms with van der Waals surface area (Å²) in [6.07, 6.45) is 3.92. The Balaban J connectivity index is 1.49. The van der Waals surface area contributed by atoms with E-state index in [9.17, 15) is 13.2 Å². The van der Waals surface area contributed by atoms with Crippen LogP contribution >= 0.6 is 11.6 Å². The molecule has 0 saturated carbocycles. The summed E-state index contributed by atoms with van der Waals surface area (Å²) in [5.41, 5.74) is 0. The highest BCUT2D eigenvalue weighted by molar-refractivity contribution is 7.89. The molecule has 36 heavy (non-hydrogen) atoms. The monoisotopic (exact) mass is 539 g/mol. The SMILES string of the molecule is O=C(CN(CCCN1CCOCC1)S(=O)(=O)c1ccc(Cl)cc1)N(Cc1ccco1)CC1CCCO1. The molecular formula is C25H34ClN3O6S. The molecule has 0 aliphatic carbocycles. The number of rotatable bonds is 12. The zero-order valence-corrected chi connectivity index (χ0v) is 22.0. The van der Waals surface area contributed by atoms with Crippen LogP contribution in [0, 0.1) is 0 Å². The second-order valence-corrected chi connectivity index (χ2v) is 11.5. The average Bonchev–Trinajstić information content (AvgIpc) is 3.58. The minimum Gasteiger partial charge on any atom is -0.467 e. The molecule has 2 saturated heterocycles. The zero-order valence-electron chi connectivity index (χ0n) is 20.4. The Bertz CT molecular complexity index is 1050. The van der Waals surface area contributed by atoms with Crippen LogP contribution in [-0.2, 0) is 30.8 Å². The Morgan fingerprint density at radius 3 is 2.56 bits per heavy atom. The first-order valence-corrected chi connectivity index (χ1v) is 14.2. The first-order valence-electron chi connectivity index (χ1n) is 12.4. The van der Waals surface area contributed by atoms with Gasteiger partial charge in [-0.15, -0.1) is 0 Å². The van der Waals surface area contributed by atoms with Crippen LogP contribution in [0.25, 0.3) is 0 Å². The van der Waals surface area contributed by atoms with Crippen LogP contribution in [0.15, 0.2) is 52.0 Å². The lowest BCUT2D eigenvalue weighted by molar-refractivity contribution is -0.134. The van der Waals surface area contributed by atoms with Crippen molar-refractivity contribution in [2.24, 2.45) is 0 Å². The van der Waals surface area contributed by atoms with Crippen molar-refractivity contribution >= 4 is 27.5 Å².